The van der Waals surface area contributed by atoms with Crippen LogP contribution in [0.3, 0.4) is 0 Å². The van der Waals surface area contributed by atoms with Gasteiger partial charge in [0.1, 0.15) is 0 Å². The Labute approximate surface area is 208 Å². The molecule has 4 fully saturated rings. The lowest BCUT2D eigenvalue weighted by Gasteiger charge is -2.41. The van der Waals surface area contributed by atoms with Crippen LogP contribution in [0.5, 0.6) is 0 Å². The molecule has 2 saturated carbocycles. The van der Waals surface area contributed by atoms with Gasteiger partial charge < -0.3 is 19.2 Å². The lowest BCUT2D eigenvalue weighted by Crippen LogP contribution is -2.56. The Kier molecular flexibility index (Phi) is 11.5. The van der Waals surface area contributed by atoms with Gasteiger partial charge in [0, 0.05) is 19.1 Å². The molecule has 0 spiro atoms. The Morgan fingerprint density at radius 1 is 0.829 bits per heavy atom. The lowest BCUT2D eigenvalue weighted by molar-refractivity contribution is -0.153. The van der Waals surface area contributed by atoms with Crippen molar-refractivity contribution in [3.63, 3.8) is 0 Å². The van der Waals surface area contributed by atoms with Crippen LogP contribution in [0.1, 0.15) is 64.2 Å². The van der Waals surface area contributed by atoms with Crippen LogP contribution >= 0.6 is 0 Å². The standard InChI is InChI=1S/C22H38N4O4.H2O4S/c27-22(30-25-13-17-29-18-14-25)26(20-9-5-2-6-10-20)21(24-11-15-28-16-12-24)23-19-7-3-1-4-8-19;1-5(2,3)4/h19-20H,1-18H2;(H2,1,2,3,4). The average Bonchev–Trinajstić information content (AvgIpc) is 2.85. The zero-order valence-corrected chi connectivity index (χ0v) is 21.2. The number of hydrogen-bond acceptors (Lipinski definition) is 8. The van der Waals surface area contributed by atoms with Crippen LogP contribution in [0.15, 0.2) is 4.99 Å². The van der Waals surface area contributed by atoms with Gasteiger partial charge in [-0.25, -0.2) is 14.7 Å². The second-order valence-electron chi connectivity index (χ2n) is 9.33. The summed E-state index contributed by atoms with van der Waals surface area (Å²) in [5.41, 5.74) is 0. The third-order valence-corrected chi connectivity index (χ3v) is 6.70. The fourth-order valence-corrected chi connectivity index (χ4v) is 4.96. The van der Waals surface area contributed by atoms with E-state index in [4.69, 9.17) is 36.8 Å². The highest BCUT2D eigenvalue weighted by Crippen LogP contribution is 2.27. The van der Waals surface area contributed by atoms with Crippen molar-refractivity contribution in [2.24, 2.45) is 4.99 Å². The van der Waals surface area contributed by atoms with Crippen molar-refractivity contribution >= 4 is 22.5 Å². The van der Waals surface area contributed by atoms with Gasteiger partial charge in [-0.05, 0) is 25.7 Å². The highest BCUT2D eigenvalue weighted by Gasteiger charge is 2.36. The number of ether oxygens (including phenoxy) is 2. The molecule has 4 aliphatic rings. The summed E-state index contributed by atoms with van der Waals surface area (Å²) in [5, 5.41) is 1.75. The second kappa shape index (κ2) is 14.3. The quantitative estimate of drug-likeness (QED) is 0.324. The number of morpholine rings is 2. The van der Waals surface area contributed by atoms with Gasteiger partial charge in [0.25, 0.3) is 0 Å². The number of nitrogens with zero attached hydrogens (tertiary/aromatic N) is 4. The van der Waals surface area contributed by atoms with Crippen LogP contribution in [0.4, 0.5) is 4.79 Å². The summed E-state index contributed by atoms with van der Waals surface area (Å²) in [6, 6.07) is 0.469. The minimum Gasteiger partial charge on any atom is -0.379 e. The van der Waals surface area contributed by atoms with Crippen LogP contribution < -0.4 is 0 Å². The molecule has 2 aliphatic heterocycles. The Morgan fingerprint density at radius 3 is 1.86 bits per heavy atom. The van der Waals surface area contributed by atoms with Gasteiger partial charge in [0.05, 0.1) is 45.6 Å². The number of amides is 1. The first kappa shape index (κ1) is 28.1. The number of carbonyl (C=O) groups excluding carboxylic acids is 1. The Bertz CT molecular complexity index is 764. The normalized spacial score (nSPS) is 23.8. The van der Waals surface area contributed by atoms with Gasteiger partial charge in [-0.15, -0.1) is 5.06 Å². The van der Waals surface area contributed by atoms with Crippen molar-refractivity contribution < 1.29 is 36.6 Å². The third-order valence-electron chi connectivity index (χ3n) is 6.70. The van der Waals surface area contributed by atoms with Crippen molar-refractivity contribution in [2.45, 2.75) is 76.3 Å². The Balaban J connectivity index is 0.000000623. The minimum absolute atomic E-state index is 0.164. The summed E-state index contributed by atoms with van der Waals surface area (Å²) in [5.74, 6) is 0.829. The topological polar surface area (TPSA) is 141 Å². The molecular formula is C22H40N4O8S. The summed E-state index contributed by atoms with van der Waals surface area (Å²) in [7, 11) is -4.67. The van der Waals surface area contributed by atoms with Gasteiger partial charge in [-0.2, -0.15) is 8.42 Å². The van der Waals surface area contributed by atoms with E-state index in [9.17, 15) is 4.79 Å². The molecule has 1 amide bonds. The molecule has 2 heterocycles. The molecule has 0 bridgehead atoms. The fourth-order valence-electron chi connectivity index (χ4n) is 4.96. The summed E-state index contributed by atoms with van der Waals surface area (Å²) < 4.78 is 42.6. The molecule has 0 radical (unpaired) electrons. The second-order valence-corrected chi connectivity index (χ2v) is 10.2. The molecule has 13 heteroatoms. The summed E-state index contributed by atoms with van der Waals surface area (Å²) in [6.07, 6.45) is 11.3. The monoisotopic (exact) mass is 520 g/mol. The van der Waals surface area contributed by atoms with Crippen molar-refractivity contribution in [2.75, 3.05) is 52.6 Å². The van der Waals surface area contributed by atoms with Crippen LogP contribution in [0.2, 0.25) is 0 Å². The maximum absolute atomic E-state index is 13.5. The molecule has 0 atom stereocenters. The van der Waals surface area contributed by atoms with E-state index < -0.39 is 10.4 Å². The molecule has 4 rings (SSSR count). The van der Waals surface area contributed by atoms with Gasteiger partial charge in [-0.1, -0.05) is 38.5 Å². The van der Waals surface area contributed by atoms with Crippen molar-refractivity contribution in [1.82, 2.24) is 14.9 Å². The van der Waals surface area contributed by atoms with Gasteiger partial charge in [-0.3, -0.25) is 9.11 Å². The third kappa shape index (κ3) is 10.2. The highest BCUT2D eigenvalue weighted by molar-refractivity contribution is 7.79. The minimum atomic E-state index is -4.67. The summed E-state index contributed by atoms with van der Waals surface area (Å²) >= 11 is 0. The van der Waals surface area contributed by atoms with Gasteiger partial charge >= 0.3 is 16.5 Å². The highest BCUT2D eigenvalue weighted by atomic mass is 32.3. The maximum Gasteiger partial charge on any atom is 0.436 e. The zero-order chi connectivity index (χ0) is 25.1. The molecular weight excluding hydrogens is 480 g/mol. The molecule has 35 heavy (non-hydrogen) atoms. The molecule has 0 aromatic heterocycles. The van der Waals surface area contributed by atoms with E-state index >= 15 is 0 Å². The molecule has 0 aromatic carbocycles. The smallest absolute Gasteiger partial charge is 0.379 e. The Morgan fingerprint density at radius 2 is 1.31 bits per heavy atom. The maximum atomic E-state index is 13.5. The average molecular weight is 521 g/mol. The molecule has 12 nitrogen and oxygen atoms in total. The van der Waals surface area contributed by atoms with E-state index in [2.05, 4.69) is 4.90 Å². The Hall–Kier alpha value is -1.51. The van der Waals surface area contributed by atoms with E-state index in [0.29, 0.717) is 45.6 Å². The molecule has 202 valence electrons. The van der Waals surface area contributed by atoms with Crippen LogP contribution in [0, 0.1) is 0 Å². The van der Waals surface area contributed by atoms with Crippen molar-refractivity contribution in [3.05, 3.63) is 0 Å². The van der Waals surface area contributed by atoms with Gasteiger partial charge in [0.2, 0.25) is 5.96 Å². The molecule has 0 unspecified atom stereocenters. The van der Waals surface area contributed by atoms with Crippen molar-refractivity contribution in [3.8, 4) is 0 Å². The predicted molar refractivity (Wildman–Crippen MR) is 128 cm³/mol. The molecule has 2 aliphatic carbocycles. The van der Waals surface area contributed by atoms with Crippen LogP contribution in [-0.2, 0) is 24.7 Å². The molecule has 0 aromatic rings. The first-order valence-electron chi connectivity index (χ1n) is 12.8. The predicted octanol–water partition coefficient (Wildman–Crippen LogP) is 2.37. The van der Waals surface area contributed by atoms with E-state index in [1.807, 2.05) is 4.90 Å². The van der Waals surface area contributed by atoms with Crippen molar-refractivity contribution in [1.29, 1.82) is 0 Å². The van der Waals surface area contributed by atoms with E-state index in [1.54, 1.807) is 5.06 Å². The number of rotatable bonds is 3. The van der Waals surface area contributed by atoms with E-state index in [-0.39, 0.29) is 12.1 Å². The molecule has 2 saturated heterocycles. The first-order valence-corrected chi connectivity index (χ1v) is 14.1. The lowest BCUT2D eigenvalue weighted by atomic mass is 9.94. The van der Waals surface area contributed by atoms with E-state index in [1.165, 1.54) is 25.7 Å². The number of aliphatic imine (C=N–C) groups is 1. The summed E-state index contributed by atoms with van der Waals surface area (Å²) in [4.78, 5) is 28.8. The van der Waals surface area contributed by atoms with E-state index in [0.717, 1.165) is 57.6 Å². The zero-order valence-electron chi connectivity index (χ0n) is 20.4. The first-order chi connectivity index (χ1) is 16.8. The molecule has 2 N–H and O–H groups in total. The number of hydroxylamine groups is 2. The van der Waals surface area contributed by atoms with Crippen LogP contribution in [0.25, 0.3) is 0 Å². The summed E-state index contributed by atoms with van der Waals surface area (Å²) in [6.45, 7) is 5.36. The SMILES string of the molecule is O=C(ON1CCOCC1)N(C(=NC1CCCCC1)N1CCOCC1)C1CCCCC1.O=S(=O)(O)O. The fraction of sp³-hybridized carbons (Fsp3) is 0.909. The number of carbonyl (C=O) groups is 1. The number of guanidine groups is 1. The van der Waals surface area contributed by atoms with Crippen LogP contribution in [-0.4, -0.2) is 109 Å². The number of hydrogen-bond donors (Lipinski definition) is 2. The largest absolute Gasteiger partial charge is 0.436 e. The van der Waals surface area contributed by atoms with Gasteiger partial charge in [0.15, 0.2) is 0 Å².